The molecule has 2 rings (SSSR count). The van der Waals surface area contributed by atoms with E-state index in [0.717, 1.165) is 6.54 Å². The molecule has 0 amide bonds. The molecule has 1 aromatic rings. The van der Waals surface area contributed by atoms with E-state index in [1.54, 1.807) is 0 Å². The van der Waals surface area contributed by atoms with Crippen LogP contribution in [0, 0.1) is 0 Å². The first kappa shape index (κ1) is 13.5. The van der Waals surface area contributed by atoms with E-state index in [9.17, 15) is 0 Å². The molecule has 1 saturated heterocycles. The van der Waals surface area contributed by atoms with E-state index in [1.807, 2.05) is 0 Å². The zero-order chi connectivity index (χ0) is 12.8. The maximum absolute atomic E-state index is 5.61. The average molecular weight is 247 g/mol. The van der Waals surface area contributed by atoms with E-state index in [0.29, 0.717) is 6.54 Å². The van der Waals surface area contributed by atoms with E-state index in [-0.39, 0.29) is 0 Å². The lowest BCUT2D eigenvalue weighted by Crippen LogP contribution is -2.45. The fraction of sp³-hybridized carbons (Fsp3) is 0.600. The number of nitrogens with two attached hydrogens (primary N) is 1. The van der Waals surface area contributed by atoms with Gasteiger partial charge in [0.25, 0.3) is 0 Å². The van der Waals surface area contributed by atoms with Crippen molar-refractivity contribution in [1.29, 1.82) is 0 Å². The van der Waals surface area contributed by atoms with Crippen molar-refractivity contribution in [2.75, 3.05) is 32.7 Å². The van der Waals surface area contributed by atoms with Gasteiger partial charge in [-0.3, -0.25) is 4.90 Å². The predicted molar refractivity (Wildman–Crippen MR) is 76.3 cm³/mol. The SMILES string of the molecule is CCCN1CCN(Cc2ccc(CN)cc2)CC1. The standard InChI is InChI=1S/C15H25N3/c1-2-7-17-8-10-18(11-9-17)13-15-5-3-14(12-16)4-6-15/h3-6H,2,7-13,16H2,1H3. The summed E-state index contributed by atoms with van der Waals surface area (Å²) in [6.45, 7) is 10.0. The molecule has 3 heteroatoms. The van der Waals surface area contributed by atoms with Crippen molar-refractivity contribution in [3.8, 4) is 0 Å². The fourth-order valence-electron chi connectivity index (χ4n) is 2.53. The van der Waals surface area contributed by atoms with Gasteiger partial charge in [-0.25, -0.2) is 0 Å². The van der Waals surface area contributed by atoms with Gasteiger partial charge < -0.3 is 10.6 Å². The average Bonchev–Trinajstić information content (AvgIpc) is 2.42. The zero-order valence-electron chi connectivity index (χ0n) is 11.4. The molecule has 0 saturated carbocycles. The minimum absolute atomic E-state index is 0.635. The van der Waals surface area contributed by atoms with Crippen molar-refractivity contribution < 1.29 is 0 Å². The summed E-state index contributed by atoms with van der Waals surface area (Å²) in [7, 11) is 0. The summed E-state index contributed by atoms with van der Waals surface area (Å²) in [5.41, 5.74) is 8.23. The molecule has 0 aliphatic carbocycles. The Morgan fingerprint density at radius 2 is 1.50 bits per heavy atom. The third-order valence-electron chi connectivity index (χ3n) is 3.67. The van der Waals surface area contributed by atoms with Crippen LogP contribution in [0.4, 0.5) is 0 Å². The van der Waals surface area contributed by atoms with Crippen molar-refractivity contribution >= 4 is 0 Å². The minimum Gasteiger partial charge on any atom is -0.326 e. The van der Waals surface area contributed by atoms with Crippen LogP contribution in [0.1, 0.15) is 24.5 Å². The Morgan fingerprint density at radius 3 is 2.06 bits per heavy atom. The predicted octanol–water partition coefficient (Wildman–Crippen LogP) is 1.67. The third kappa shape index (κ3) is 3.80. The van der Waals surface area contributed by atoms with Crippen molar-refractivity contribution in [1.82, 2.24) is 9.80 Å². The number of rotatable bonds is 5. The van der Waals surface area contributed by atoms with Gasteiger partial charge >= 0.3 is 0 Å². The second-order valence-electron chi connectivity index (χ2n) is 5.14. The Labute approximate surface area is 111 Å². The summed E-state index contributed by atoms with van der Waals surface area (Å²) in [5.74, 6) is 0. The second kappa shape index (κ2) is 6.88. The third-order valence-corrected chi connectivity index (χ3v) is 3.67. The number of piperazine rings is 1. The van der Waals surface area contributed by atoms with Gasteiger partial charge in [-0.1, -0.05) is 31.2 Å². The highest BCUT2D eigenvalue weighted by atomic mass is 15.3. The van der Waals surface area contributed by atoms with E-state index >= 15 is 0 Å². The van der Waals surface area contributed by atoms with Crippen molar-refractivity contribution in [2.24, 2.45) is 5.73 Å². The van der Waals surface area contributed by atoms with Crippen molar-refractivity contribution in [3.63, 3.8) is 0 Å². The van der Waals surface area contributed by atoms with Crippen LogP contribution >= 0.6 is 0 Å². The molecule has 0 radical (unpaired) electrons. The summed E-state index contributed by atoms with van der Waals surface area (Å²) in [5, 5.41) is 0. The van der Waals surface area contributed by atoms with Gasteiger partial charge in [-0.2, -0.15) is 0 Å². The molecular formula is C15H25N3. The highest BCUT2D eigenvalue weighted by molar-refractivity contribution is 5.22. The van der Waals surface area contributed by atoms with E-state index in [4.69, 9.17) is 5.73 Å². The Bertz CT molecular complexity index is 339. The molecule has 3 nitrogen and oxygen atoms in total. The summed E-state index contributed by atoms with van der Waals surface area (Å²) < 4.78 is 0. The van der Waals surface area contributed by atoms with Crippen LogP contribution in [0.2, 0.25) is 0 Å². The van der Waals surface area contributed by atoms with Crippen molar-refractivity contribution in [3.05, 3.63) is 35.4 Å². The number of benzene rings is 1. The van der Waals surface area contributed by atoms with Gasteiger partial charge in [0.15, 0.2) is 0 Å². The van der Waals surface area contributed by atoms with Crippen molar-refractivity contribution in [2.45, 2.75) is 26.4 Å². The molecule has 0 spiro atoms. The van der Waals surface area contributed by atoms with Crippen LogP contribution in [0.3, 0.4) is 0 Å². The quantitative estimate of drug-likeness (QED) is 0.859. The summed E-state index contributed by atoms with van der Waals surface area (Å²) >= 11 is 0. The molecule has 2 N–H and O–H groups in total. The summed E-state index contributed by atoms with van der Waals surface area (Å²) in [6.07, 6.45) is 1.26. The van der Waals surface area contributed by atoms with E-state index in [2.05, 4.69) is 41.0 Å². The van der Waals surface area contributed by atoms with Crippen LogP contribution < -0.4 is 5.73 Å². The number of nitrogens with zero attached hydrogens (tertiary/aromatic N) is 2. The first-order chi connectivity index (χ1) is 8.81. The molecule has 1 aliphatic rings. The second-order valence-corrected chi connectivity index (χ2v) is 5.14. The van der Waals surface area contributed by atoms with Crippen LogP contribution in [0.5, 0.6) is 0 Å². The Morgan fingerprint density at radius 1 is 0.944 bits per heavy atom. The largest absolute Gasteiger partial charge is 0.326 e. The molecule has 0 bridgehead atoms. The molecule has 1 heterocycles. The molecule has 0 atom stereocenters. The van der Waals surface area contributed by atoms with Gasteiger partial charge in [-0.15, -0.1) is 0 Å². The van der Waals surface area contributed by atoms with Crippen LogP contribution in [-0.4, -0.2) is 42.5 Å². The van der Waals surface area contributed by atoms with E-state index < -0.39 is 0 Å². The molecule has 0 aromatic heterocycles. The molecule has 1 aliphatic heterocycles. The molecule has 100 valence electrons. The molecule has 18 heavy (non-hydrogen) atoms. The van der Waals surface area contributed by atoms with Gasteiger partial charge in [-0.05, 0) is 24.1 Å². The van der Waals surface area contributed by atoms with Crippen LogP contribution in [0.25, 0.3) is 0 Å². The van der Waals surface area contributed by atoms with Crippen LogP contribution in [0.15, 0.2) is 24.3 Å². The Balaban J connectivity index is 1.80. The molecular weight excluding hydrogens is 222 g/mol. The van der Waals surface area contributed by atoms with Crippen LogP contribution in [-0.2, 0) is 13.1 Å². The molecule has 1 fully saturated rings. The summed E-state index contributed by atoms with van der Waals surface area (Å²) in [6, 6.07) is 8.70. The topological polar surface area (TPSA) is 32.5 Å². The zero-order valence-corrected chi connectivity index (χ0v) is 11.4. The normalized spacial score (nSPS) is 18.1. The lowest BCUT2D eigenvalue weighted by atomic mass is 10.1. The minimum atomic E-state index is 0.635. The first-order valence-electron chi connectivity index (χ1n) is 7.04. The van der Waals surface area contributed by atoms with Gasteiger partial charge in [0.1, 0.15) is 0 Å². The number of hydrogen-bond acceptors (Lipinski definition) is 3. The maximum Gasteiger partial charge on any atom is 0.0234 e. The summed E-state index contributed by atoms with van der Waals surface area (Å²) in [4.78, 5) is 5.11. The molecule has 1 aromatic carbocycles. The lowest BCUT2D eigenvalue weighted by molar-refractivity contribution is 0.127. The maximum atomic E-state index is 5.61. The molecule has 0 unspecified atom stereocenters. The monoisotopic (exact) mass is 247 g/mol. The van der Waals surface area contributed by atoms with Gasteiger partial charge in [0.05, 0.1) is 0 Å². The van der Waals surface area contributed by atoms with Gasteiger partial charge in [0.2, 0.25) is 0 Å². The lowest BCUT2D eigenvalue weighted by Gasteiger charge is -2.34. The highest BCUT2D eigenvalue weighted by Crippen LogP contribution is 2.10. The smallest absolute Gasteiger partial charge is 0.0234 e. The Kier molecular flexibility index (Phi) is 5.17. The Hall–Kier alpha value is -0.900. The first-order valence-corrected chi connectivity index (χ1v) is 7.04. The number of hydrogen-bond donors (Lipinski definition) is 1. The highest BCUT2D eigenvalue weighted by Gasteiger charge is 2.15. The van der Waals surface area contributed by atoms with E-state index in [1.165, 1.54) is 50.3 Å². The van der Waals surface area contributed by atoms with Gasteiger partial charge in [0, 0.05) is 39.3 Å². The fourth-order valence-corrected chi connectivity index (χ4v) is 2.53.